The minimum atomic E-state index is 0.179. The molecule has 104 valence electrons. The molecule has 1 amide bonds. The molecular formula is C15H28N2O. The van der Waals surface area contributed by atoms with Crippen molar-refractivity contribution in [1.82, 2.24) is 10.6 Å². The Morgan fingerprint density at radius 3 is 2.39 bits per heavy atom. The molecule has 2 rings (SSSR count). The maximum absolute atomic E-state index is 12.4. The van der Waals surface area contributed by atoms with Crippen molar-refractivity contribution in [3.63, 3.8) is 0 Å². The number of carbonyl (C=O) groups excluding carboxylic acids is 1. The summed E-state index contributed by atoms with van der Waals surface area (Å²) in [5.74, 6) is 0.593. The topological polar surface area (TPSA) is 41.1 Å². The Morgan fingerprint density at radius 1 is 1.11 bits per heavy atom. The maximum atomic E-state index is 12.4. The Labute approximate surface area is 111 Å². The summed E-state index contributed by atoms with van der Waals surface area (Å²) in [5, 5.41) is 6.74. The monoisotopic (exact) mass is 252 g/mol. The Morgan fingerprint density at radius 2 is 1.78 bits per heavy atom. The highest BCUT2D eigenvalue weighted by Gasteiger charge is 2.34. The standard InChI is InChI=1S/C15H28N2O/c1-15(2)11-16-10-9-13(15)17-14(18)12-7-5-3-4-6-8-12/h12-13,16H,3-11H2,1-2H3,(H,17,18). The second-order valence-corrected chi connectivity index (χ2v) is 6.70. The van der Waals surface area contributed by atoms with Gasteiger partial charge in [-0.05, 0) is 31.2 Å². The van der Waals surface area contributed by atoms with Crippen molar-refractivity contribution in [1.29, 1.82) is 0 Å². The van der Waals surface area contributed by atoms with Crippen LogP contribution < -0.4 is 10.6 Å². The first-order valence-electron chi connectivity index (χ1n) is 7.61. The lowest BCUT2D eigenvalue weighted by atomic mass is 9.79. The molecule has 0 radical (unpaired) electrons. The second kappa shape index (κ2) is 6.05. The van der Waals surface area contributed by atoms with Crippen LogP contribution >= 0.6 is 0 Å². The highest BCUT2D eigenvalue weighted by Crippen LogP contribution is 2.27. The lowest BCUT2D eigenvalue weighted by molar-refractivity contribution is -0.127. The molecule has 1 unspecified atom stereocenters. The van der Waals surface area contributed by atoms with Gasteiger partial charge in [-0.1, -0.05) is 39.5 Å². The third-order valence-electron chi connectivity index (χ3n) is 4.68. The summed E-state index contributed by atoms with van der Waals surface area (Å²) in [5.41, 5.74) is 0.179. The van der Waals surface area contributed by atoms with Gasteiger partial charge >= 0.3 is 0 Å². The van der Waals surface area contributed by atoms with E-state index in [0.29, 0.717) is 11.9 Å². The van der Waals surface area contributed by atoms with Crippen LogP contribution in [0.3, 0.4) is 0 Å². The molecule has 18 heavy (non-hydrogen) atoms. The van der Waals surface area contributed by atoms with Crippen LogP contribution in [0.25, 0.3) is 0 Å². The highest BCUT2D eigenvalue weighted by molar-refractivity contribution is 5.79. The van der Waals surface area contributed by atoms with E-state index in [9.17, 15) is 4.79 Å². The van der Waals surface area contributed by atoms with Crippen LogP contribution in [0.1, 0.15) is 58.8 Å². The van der Waals surface area contributed by atoms with Crippen LogP contribution in [0.15, 0.2) is 0 Å². The van der Waals surface area contributed by atoms with E-state index in [4.69, 9.17) is 0 Å². The van der Waals surface area contributed by atoms with Crippen molar-refractivity contribution >= 4 is 5.91 Å². The molecule has 2 aliphatic rings. The third kappa shape index (κ3) is 3.47. The van der Waals surface area contributed by atoms with Gasteiger partial charge in [0.05, 0.1) is 0 Å². The number of amides is 1. The second-order valence-electron chi connectivity index (χ2n) is 6.70. The minimum Gasteiger partial charge on any atom is -0.352 e. The van der Waals surface area contributed by atoms with Crippen LogP contribution in [-0.4, -0.2) is 25.0 Å². The fourth-order valence-corrected chi connectivity index (χ4v) is 3.27. The zero-order valence-electron chi connectivity index (χ0n) is 11.9. The van der Waals surface area contributed by atoms with Crippen molar-refractivity contribution < 1.29 is 4.79 Å². The highest BCUT2D eigenvalue weighted by atomic mass is 16.1. The lowest BCUT2D eigenvalue weighted by Gasteiger charge is -2.40. The molecule has 1 aliphatic carbocycles. The van der Waals surface area contributed by atoms with E-state index in [1.54, 1.807) is 0 Å². The average Bonchev–Trinajstić information content (AvgIpc) is 2.60. The predicted molar refractivity (Wildman–Crippen MR) is 74.4 cm³/mol. The number of rotatable bonds is 2. The largest absolute Gasteiger partial charge is 0.352 e. The molecular weight excluding hydrogens is 224 g/mol. The van der Waals surface area contributed by atoms with Crippen LogP contribution in [0, 0.1) is 11.3 Å². The first-order chi connectivity index (χ1) is 8.59. The molecule has 0 spiro atoms. The Kier molecular flexibility index (Phi) is 4.66. The van der Waals surface area contributed by atoms with Crippen LogP contribution in [-0.2, 0) is 4.79 Å². The lowest BCUT2D eigenvalue weighted by Crippen LogP contribution is -2.55. The number of piperidine rings is 1. The summed E-state index contributed by atoms with van der Waals surface area (Å²) >= 11 is 0. The van der Waals surface area contributed by atoms with E-state index < -0.39 is 0 Å². The van der Waals surface area contributed by atoms with Gasteiger partial charge in [0.1, 0.15) is 0 Å². The maximum Gasteiger partial charge on any atom is 0.223 e. The molecule has 0 aromatic rings. The minimum absolute atomic E-state index is 0.179. The Balaban J connectivity index is 1.89. The molecule has 1 saturated heterocycles. The van der Waals surface area contributed by atoms with Gasteiger partial charge in [0.25, 0.3) is 0 Å². The number of nitrogens with one attached hydrogen (secondary N) is 2. The third-order valence-corrected chi connectivity index (χ3v) is 4.68. The Bertz CT molecular complexity index is 280. The van der Waals surface area contributed by atoms with E-state index in [0.717, 1.165) is 32.4 Å². The van der Waals surface area contributed by atoms with E-state index in [2.05, 4.69) is 24.5 Å². The van der Waals surface area contributed by atoms with E-state index in [-0.39, 0.29) is 11.3 Å². The number of hydrogen-bond donors (Lipinski definition) is 2. The van der Waals surface area contributed by atoms with Crippen molar-refractivity contribution in [2.24, 2.45) is 11.3 Å². The van der Waals surface area contributed by atoms with Crippen molar-refractivity contribution in [3.05, 3.63) is 0 Å². The zero-order valence-corrected chi connectivity index (χ0v) is 11.9. The van der Waals surface area contributed by atoms with Crippen molar-refractivity contribution in [2.75, 3.05) is 13.1 Å². The van der Waals surface area contributed by atoms with Gasteiger partial charge in [-0.3, -0.25) is 4.79 Å². The summed E-state index contributed by atoms with van der Waals surface area (Å²) in [6.07, 6.45) is 8.33. The van der Waals surface area contributed by atoms with Crippen LogP contribution in [0.5, 0.6) is 0 Å². The molecule has 3 nitrogen and oxygen atoms in total. The Hall–Kier alpha value is -0.570. The zero-order chi connectivity index (χ0) is 13.0. The van der Waals surface area contributed by atoms with Gasteiger partial charge in [-0.25, -0.2) is 0 Å². The summed E-state index contributed by atoms with van der Waals surface area (Å²) in [6, 6.07) is 0.342. The number of carbonyl (C=O) groups is 1. The van der Waals surface area contributed by atoms with Crippen LogP contribution in [0.4, 0.5) is 0 Å². The summed E-state index contributed by atoms with van der Waals surface area (Å²) in [6.45, 7) is 6.52. The molecule has 1 heterocycles. The quantitative estimate of drug-likeness (QED) is 0.741. The molecule has 1 atom stereocenters. The molecule has 2 fully saturated rings. The first kappa shape index (κ1) is 13.9. The average molecular weight is 252 g/mol. The van der Waals surface area contributed by atoms with Crippen molar-refractivity contribution in [3.8, 4) is 0 Å². The van der Waals surface area contributed by atoms with Gasteiger partial charge in [-0.2, -0.15) is 0 Å². The summed E-state index contributed by atoms with van der Waals surface area (Å²) in [7, 11) is 0. The normalized spacial score (nSPS) is 29.6. The van der Waals surface area contributed by atoms with Gasteiger partial charge in [0.2, 0.25) is 5.91 Å². The number of hydrogen-bond acceptors (Lipinski definition) is 2. The molecule has 0 aromatic carbocycles. The predicted octanol–water partition coefficient (Wildman–Crippen LogP) is 2.46. The van der Waals surface area contributed by atoms with E-state index >= 15 is 0 Å². The fraction of sp³-hybridized carbons (Fsp3) is 0.933. The molecule has 2 N–H and O–H groups in total. The first-order valence-corrected chi connectivity index (χ1v) is 7.61. The smallest absolute Gasteiger partial charge is 0.223 e. The van der Waals surface area contributed by atoms with Gasteiger partial charge in [0, 0.05) is 18.5 Å². The summed E-state index contributed by atoms with van der Waals surface area (Å²) in [4.78, 5) is 12.4. The van der Waals surface area contributed by atoms with Gasteiger partial charge < -0.3 is 10.6 Å². The van der Waals surface area contributed by atoms with Gasteiger partial charge in [-0.15, -0.1) is 0 Å². The van der Waals surface area contributed by atoms with Gasteiger partial charge in [0.15, 0.2) is 0 Å². The van der Waals surface area contributed by atoms with E-state index in [1.165, 1.54) is 25.7 Å². The molecule has 3 heteroatoms. The van der Waals surface area contributed by atoms with E-state index in [1.807, 2.05) is 0 Å². The molecule has 0 aromatic heterocycles. The SMILES string of the molecule is CC1(C)CNCCC1NC(=O)C1CCCCCC1. The molecule has 1 aliphatic heterocycles. The summed E-state index contributed by atoms with van der Waals surface area (Å²) < 4.78 is 0. The molecule has 0 bridgehead atoms. The van der Waals surface area contributed by atoms with Crippen molar-refractivity contribution in [2.45, 2.75) is 64.8 Å². The molecule has 1 saturated carbocycles. The fourth-order valence-electron chi connectivity index (χ4n) is 3.27. The van der Waals surface area contributed by atoms with Crippen LogP contribution in [0.2, 0.25) is 0 Å².